The van der Waals surface area contributed by atoms with Gasteiger partial charge in [-0.1, -0.05) is 135 Å². The van der Waals surface area contributed by atoms with Gasteiger partial charge in [0.05, 0.1) is 12.1 Å². The van der Waals surface area contributed by atoms with Crippen LogP contribution in [0.4, 0.5) is 9.59 Å². The van der Waals surface area contributed by atoms with Crippen LogP contribution in [-0.2, 0) is 49.9 Å². The maximum atomic E-state index is 13.7. The van der Waals surface area contributed by atoms with Crippen LogP contribution in [0.5, 0.6) is 0 Å². The molecule has 278 valence electrons. The van der Waals surface area contributed by atoms with E-state index in [9.17, 15) is 19.2 Å². The first-order chi connectivity index (χ1) is 25.8. The second-order valence-electron chi connectivity index (χ2n) is 13.0. The first-order valence-electron chi connectivity index (χ1n) is 18.1. The number of epoxide rings is 1. The molecule has 53 heavy (non-hydrogen) atoms. The van der Waals surface area contributed by atoms with Gasteiger partial charge in [-0.2, -0.15) is 0 Å². The van der Waals surface area contributed by atoms with Crippen molar-refractivity contribution in [3.8, 4) is 0 Å². The minimum Gasteiger partial charge on any atom is -0.445 e. The quantitative estimate of drug-likeness (QED) is 0.0977. The molecule has 1 aliphatic heterocycles. The molecular weight excluding hydrogens is 672 g/mol. The first-order valence-corrected chi connectivity index (χ1v) is 18.1. The summed E-state index contributed by atoms with van der Waals surface area (Å²) in [6.07, 6.45) is -0.674. The molecule has 4 amide bonds. The summed E-state index contributed by atoms with van der Waals surface area (Å²) in [5.41, 5.74) is 3.65. The van der Waals surface area contributed by atoms with Gasteiger partial charge in [0.15, 0.2) is 0 Å². The zero-order valence-electron chi connectivity index (χ0n) is 30.1. The van der Waals surface area contributed by atoms with Gasteiger partial charge < -0.3 is 35.5 Å². The van der Waals surface area contributed by atoms with E-state index in [1.165, 1.54) is 0 Å². The molecule has 0 bridgehead atoms. The summed E-state index contributed by atoms with van der Waals surface area (Å²) in [5.74, 6) is -0.737. The van der Waals surface area contributed by atoms with E-state index in [2.05, 4.69) is 21.3 Å². The molecule has 1 saturated heterocycles. The van der Waals surface area contributed by atoms with Gasteiger partial charge in [0.2, 0.25) is 11.8 Å². The lowest BCUT2D eigenvalue weighted by Gasteiger charge is -2.24. The SMILES string of the molecule is CC[C@H](NC(=O)OCc1ccccc1)C(=O)N[C@@H](Cc1ccccc1)[C@@H]1O[C@@H]1[C@H](Cc1ccccc1)NC(=O)[C@H](CC)NC(=O)OCc1ccccc1. The number of alkyl carbamates (subject to hydrolysis) is 2. The van der Waals surface area contributed by atoms with E-state index in [0.717, 1.165) is 22.3 Å². The monoisotopic (exact) mass is 720 g/mol. The molecule has 5 rings (SSSR count). The van der Waals surface area contributed by atoms with Crippen LogP contribution in [0.2, 0.25) is 0 Å². The number of hydrogen-bond acceptors (Lipinski definition) is 7. The summed E-state index contributed by atoms with van der Waals surface area (Å²) >= 11 is 0. The zero-order chi connectivity index (χ0) is 37.4. The van der Waals surface area contributed by atoms with Gasteiger partial charge in [-0.3, -0.25) is 9.59 Å². The van der Waals surface area contributed by atoms with Crippen LogP contribution in [0, 0.1) is 0 Å². The molecule has 1 fully saturated rings. The van der Waals surface area contributed by atoms with Gasteiger partial charge in [0.25, 0.3) is 0 Å². The average molecular weight is 721 g/mol. The minimum atomic E-state index is -0.841. The molecule has 0 aliphatic carbocycles. The fraction of sp³-hybridized carbons (Fsp3) is 0.333. The molecule has 4 N–H and O–H groups in total. The molecule has 0 radical (unpaired) electrons. The number of hydrogen-bond donors (Lipinski definition) is 4. The van der Waals surface area contributed by atoms with Crippen molar-refractivity contribution in [3.05, 3.63) is 144 Å². The van der Waals surface area contributed by atoms with Crippen molar-refractivity contribution in [3.63, 3.8) is 0 Å². The Morgan fingerprint density at radius 2 is 0.830 bits per heavy atom. The largest absolute Gasteiger partial charge is 0.445 e. The Hall–Kier alpha value is -5.68. The van der Waals surface area contributed by atoms with Crippen LogP contribution in [0.15, 0.2) is 121 Å². The maximum Gasteiger partial charge on any atom is 0.408 e. The van der Waals surface area contributed by atoms with E-state index in [4.69, 9.17) is 14.2 Å². The molecule has 4 aromatic carbocycles. The van der Waals surface area contributed by atoms with Gasteiger partial charge in [-0.15, -0.1) is 0 Å². The lowest BCUT2D eigenvalue weighted by molar-refractivity contribution is -0.124. The Balaban J connectivity index is 1.26. The number of ether oxygens (including phenoxy) is 3. The van der Waals surface area contributed by atoms with Gasteiger partial charge in [0, 0.05) is 0 Å². The van der Waals surface area contributed by atoms with Crippen LogP contribution in [-0.4, -0.2) is 60.4 Å². The summed E-state index contributed by atoms with van der Waals surface area (Å²) in [7, 11) is 0. The molecule has 1 aliphatic rings. The van der Waals surface area contributed by atoms with Crippen molar-refractivity contribution >= 4 is 24.0 Å². The molecule has 0 aromatic heterocycles. The Kier molecular flexibility index (Phi) is 14.4. The molecule has 11 heteroatoms. The number of rotatable bonds is 18. The van der Waals surface area contributed by atoms with E-state index in [0.29, 0.717) is 25.7 Å². The smallest absolute Gasteiger partial charge is 0.408 e. The molecule has 11 nitrogen and oxygen atoms in total. The summed E-state index contributed by atoms with van der Waals surface area (Å²) < 4.78 is 17.0. The van der Waals surface area contributed by atoms with Crippen LogP contribution in [0.3, 0.4) is 0 Å². The molecule has 0 spiro atoms. The topological polar surface area (TPSA) is 147 Å². The van der Waals surface area contributed by atoms with Gasteiger partial charge >= 0.3 is 12.2 Å². The van der Waals surface area contributed by atoms with Gasteiger partial charge in [0.1, 0.15) is 37.5 Å². The van der Waals surface area contributed by atoms with E-state index in [1.54, 1.807) is 0 Å². The molecule has 0 saturated carbocycles. The minimum absolute atomic E-state index is 0.0801. The van der Waals surface area contributed by atoms with Crippen LogP contribution >= 0.6 is 0 Å². The van der Waals surface area contributed by atoms with E-state index >= 15 is 0 Å². The Bertz CT molecular complexity index is 1620. The van der Waals surface area contributed by atoms with Crippen molar-refractivity contribution in [1.29, 1.82) is 0 Å². The summed E-state index contributed by atoms with van der Waals surface area (Å²) in [6.45, 7) is 3.78. The number of nitrogens with one attached hydrogen (secondary N) is 4. The van der Waals surface area contributed by atoms with Crippen molar-refractivity contribution in [2.75, 3.05) is 0 Å². The molecule has 0 unspecified atom stereocenters. The third-order valence-corrected chi connectivity index (χ3v) is 9.07. The summed E-state index contributed by atoms with van der Waals surface area (Å²) in [4.78, 5) is 52.7. The van der Waals surface area contributed by atoms with Crippen LogP contribution in [0.1, 0.15) is 48.9 Å². The Morgan fingerprint density at radius 1 is 0.509 bits per heavy atom. The highest BCUT2D eigenvalue weighted by atomic mass is 16.6. The van der Waals surface area contributed by atoms with Crippen LogP contribution < -0.4 is 21.3 Å². The molecule has 4 aromatic rings. The highest BCUT2D eigenvalue weighted by molar-refractivity contribution is 5.86. The van der Waals surface area contributed by atoms with Crippen molar-refractivity contribution < 1.29 is 33.4 Å². The van der Waals surface area contributed by atoms with Crippen LogP contribution in [0.25, 0.3) is 0 Å². The molecule has 1 heterocycles. The highest BCUT2D eigenvalue weighted by Crippen LogP contribution is 2.32. The molecular formula is C42H48N4O7. The van der Waals surface area contributed by atoms with E-state index in [-0.39, 0.29) is 25.0 Å². The van der Waals surface area contributed by atoms with Gasteiger partial charge in [-0.05, 0) is 47.9 Å². The van der Waals surface area contributed by atoms with Crippen molar-refractivity contribution in [2.24, 2.45) is 0 Å². The standard InChI is InChI=1S/C42H48N4O7/c1-3-33(45-41(49)51-27-31-21-13-7-14-22-31)39(47)43-35(25-29-17-9-5-10-18-29)37-38(53-37)36(26-30-19-11-6-12-20-30)44-40(48)34(4-2)46-42(50)52-28-32-23-15-8-16-24-32/h5-24,33-38H,3-4,25-28H2,1-2H3,(H,43,47)(H,44,48)(H,45,49)(H,46,50)/t33-,34-,35-,36-,37-,38+/m0/s1. The number of amides is 4. The number of benzene rings is 4. The Morgan fingerprint density at radius 3 is 1.15 bits per heavy atom. The number of carbonyl (C=O) groups excluding carboxylic acids is 4. The van der Waals surface area contributed by atoms with Crippen molar-refractivity contribution in [1.82, 2.24) is 21.3 Å². The highest BCUT2D eigenvalue weighted by Gasteiger charge is 2.51. The van der Waals surface area contributed by atoms with E-state index < -0.39 is 48.6 Å². The Labute approximate surface area is 310 Å². The summed E-state index contributed by atoms with van der Waals surface area (Å²) in [5, 5.41) is 11.6. The molecule has 6 atom stereocenters. The van der Waals surface area contributed by atoms with Gasteiger partial charge in [-0.25, -0.2) is 9.59 Å². The number of carbonyl (C=O) groups is 4. The predicted octanol–water partition coefficient (Wildman–Crippen LogP) is 5.62. The first kappa shape index (κ1) is 38.5. The fourth-order valence-corrected chi connectivity index (χ4v) is 6.11. The predicted molar refractivity (Wildman–Crippen MR) is 200 cm³/mol. The third-order valence-electron chi connectivity index (χ3n) is 9.07. The summed E-state index contributed by atoms with van der Waals surface area (Å²) in [6, 6.07) is 35.4. The maximum absolute atomic E-state index is 13.7. The zero-order valence-corrected chi connectivity index (χ0v) is 30.1. The average Bonchev–Trinajstić information content (AvgIpc) is 4.00. The lowest BCUT2D eigenvalue weighted by atomic mass is 9.95. The lowest BCUT2D eigenvalue weighted by Crippen LogP contribution is -2.54. The fourth-order valence-electron chi connectivity index (χ4n) is 6.11. The van der Waals surface area contributed by atoms with E-state index in [1.807, 2.05) is 135 Å². The second-order valence-corrected chi connectivity index (χ2v) is 13.0. The van der Waals surface area contributed by atoms with Crippen molar-refractivity contribution in [2.45, 2.75) is 89.1 Å². The second kappa shape index (κ2) is 19.8. The third kappa shape index (κ3) is 12.2. The normalized spacial score (nSPS) is 16.9.